The third-order valence-corrected chi connectivity index (χ3v) is 4.18. The maximum absolute atomic E-state index is 12.5. The lowest BCUT2D eigenvalue weighted by atomic mass is 9.88. The maximum Gasteiger partial charge on any atom is 0.226 e. The molecular weight excluding hydrogens is 226 g/mol. The molecule has 1 saturated heterocycles. The summed E-state index contributed by atoms with van der Waals surface area (Å²) in [4.78, 5) is 22.3. The number of imidazole rings is 1. The van der Waals surface area contributed by atoms with Crippen LogP contribution in [0.4, 0.5) is 0 Å². The summed E-state index contributed by atoms with van der Waals surface area (Å²) in [7, 11) is 0. The van der Waals surface area contributed by atoms with Crippen LogP contribution in [0, 0.1) is 12.8 Å². The minimum absolute atomic E-state index is 0.176. The molecule has 1 aromatic rings. The summed E-state index contributed by atoms with van der Waals surface area (Å²) < 4.78 is 0. The summed E-state index contributed by atoms with van der Waals surface area (Å²) in [5.74, 6) is 1.52. The van der Waals surface area contributed by atoms with Crippen LogP contribution in [0.1, 0.15) is 42.9 Å². The van der Waals surface area contributed by atoms with Gasteiger partial charge in [0.2, 0.25) is 5.91 Å². The molecule has 1 amide bonds. The molecule has 18 heavy (non-hydrogen) atoms. The van der Waals surface area contributed by atoms with E-state index in [-0.39, 0.29) is 5.92 Å². The van der Waals surface area contributed by atoms with Crippen molar-refractivity contribution in [1.82, 2.24) is 14.9 Å². The Kier molecular flexibility index (Phi) is 3.10. The first-order valence-corrected chi connectivity index (χ1v) is 7.07. The van der Waals surface area contributed by atoms with E-state index in [1.54, 1.807) is 0 Å². The average Bonchev–Trinajstić information content (AvgIpc) is 2.78. The maximum atomic E-state index is 12.5. The lowest BCUT2D eigenvalue weighted by Crippen LogP contribution is -2.41. The first kappa shape index (κ1) is 11.8. The number of amides is 1. The molecule has 3 rings (SSSR count). The smallest absolute Gasteiger partial charge is 0.226 e. The van der Waals surface area contributed by atoms with Crippen molar-refractivity contribution in [3.8, 4) is 0 Å². The number of hydrogen-bond acceptors (Lipinski definition) is 2. The number of aryl methyl sites for hydroxylation is 2. The number of nitrogens with zero attached hydrogens (tertiary/aromatic N) is 2. The van der Waals surface area contributed by atoms with Crippen LogP contribution in [0.2, 0.25) is 0 Å². The van der Waals surface area contributed by atoms with Crippen LogP contribution < -0.4 is 0 Å². The van der Waals surface area contributed by atoms with Gasteiger partial charge in [-0.2, -0.15) is 0 Å². The van der Waals surface area contributed by atoms with Gasteiger partial charge in [-0.15, -0.1) is 0 Å². The standard InChI is InChI=1S/C14H21N3O/c1-10-15-12-6-5-11(9-13(12)16-10)14(18)17-7-3-2-4-8-17/h11H,2-9H2,1H3,(H,15,16). The third kappa shape index (κ3) is 2.16. The molecule has 1 aromatic heterocycles. The highest BCUT2D eigenvalue weighted by molar-refractivity contribution is 5.79. The molecule has 1 fully saturated rings. The van der Waals surface area contributed by atoms with Crippen LogP contribution in [0.3, 0.4) is 0 Å². The zero-order valence-electron chi connectivity index (χ0n) is 11.0. The molecular formula is C14H21N3O. The highest BCUT2D eigenvalue weighted by Crippen LogP contribution is 2.26. The molecule has 0 bridgehead atoms. The Bertz CT molecular complexity index is 446. The van der Waals surface area contributed by atoms with Crippen molar-refractivity contribution in [2.75, 3.05) is 13.1 Å². The second kappa shape index (κ2) is 4.75. The molecule has 4 nitrogen and oxygen atoms in total. The molecule has 2 heterocycles. The first-order chi connectivity index (χ1) is 8.74. The van der Waals surface area contributed by atoms with E-state index in [1.807, 2.05) is 6.92 Å². The van der Waals surface area contributed by atoms with Crippen molar-refractivity contribution in [3.05, 3.63) is 17.2 Å². The Morgan fingerprint density at radius 2 is 2.11 bits per heavy atom. The second-order valence-electron chi connectivity index (χ2n) is 5.57. The zero-order chi connectivity index (χ0) is 12.5. The molecule has 0 saturated carbocycles. The topological polar surface area (TPSA) is 49.0 Å². The number of aromatic nitrogens is 2. The lowest BCUT2D eigenvalue weighted by molar-refractivity contribution is -0.136. The Balaban J connectivity index is 1.69. The molecule has 1 atom stereocenters. The number of H-pyrrole nitrogens is 1. The Morgan fingerprint density at radius 1 is 1.33 bits per heavy atom. The van der Waals surface area contributed by atoms with E-state index in [2.05, 4.69) is 14.9 Å². The normalized spacial score (nSPS) is 23.8. The highest BCUT2D eigenvalue weighted by Gasteiger charge is 2.30. The summed E-state index contributed by atoms with van der Waals surface area (Å²) >= 11 is 0. The summed E-state index contributed by atoms with van der Waals surface area (Å²) in [5, 5.41) is 0. The quantitative estimate of drug-likeness (QED) is 0.823. The molecule has 1 aliphatic heterocycles. The minimum Gasteiger partial charge on any atom is -0.346 e. The van der Waals surface area contributed by atoms with Crippen LogP contribution in [0.25, 0.3) is 0 Å². The molecule has 1 aliphatic carbocycles. The number of likely N-dealkylation sites (tertiary alicyclic amines) is 1. The van der Waals surface area contributed by atoms with E-state index in [9.17, 15) is 4.79 Å². The van der Waals surface area contributed by atoms with Gasteiger partial charge < -0.3 is 9.88 Å². The largest absolute Gasteiger partial charge is 0.346 e. The van der Waals surface area contributed by atoms with Gasteiger partial charge in [0.25, 0.3) is 0 Å². The fourth-order valence-electron chi connectivity index (χ4n) is 3.21. The fourth-order valence-corrected chi connectivity index (χ4v) is 3.21. The van der Waals surface area contributed by atoms with E-state index in [0.29, 0.717) is 5.91 Å². The number of rotatable bonds is 1. The number of nitrogens with one attached hydrogen (secondary N) is 1. The van der Waals surface area contributed by atoms with E-state index in [0.717, 1.165) is 38.2 Å². The lowest BCUT2D eigenvalue weighted by Gasteiger charge is -2.31. The zero-order valence-corrected chi connectivity index (χ0v) is 11.0. The Hall–Kier alpha value is -1.32. The van der Waals surface area contributed by atoms with E-state index in [1.165, 1.54) is 30.7 Å². The SMILES string of the molecule is Cc1nc2c([nH]1)CC(C(=O)N1CCCCC1)CC2. The summed E-state index contributed by atoms with van der Waals surface area (Å²) in [5.41, 5.74) is 2.37. The summed E-state index contributed by atoms with van der Waals surface area (Å²) in [6.45, 7) is 3.91. The van der Waals surface area contributed by atoms with Crippen molar-refractivity contribution in [3.63, 3.8) is 0 Å². The molecule has 1 unspecified atom stereocenters. The summed E-state index contributed by atoms with van der Waals surface area (Å²) in [6.07, 6.45) is 6.39. The monoisotopic (exact) mass is 247 g/mol. The number of carbonyl (C=O) groups is 1. The van der Waals surface area contributed by atoms with Gasteiger partial charge in [-0.1, -0.05) is 0 Å². The molecule has 0 radical (unpaired) electrons. The predicted molar refractivity (Wildman–Crippen MR) is 69.3 cm³/mol. The third-order valence-electron chi connectivity index (χ3n) is 4.18. The van der Waals surface area contributed by atoms with Crippen LogP contribution in [0.15, 0.2) is 0 Å². The first-order valence-electron chi connectivity index (χ1n) is 7.07. The molecule has 2 aliphatic rings. The van der Waals surface area contributed by atoms with Crippen LogP contribution >= 0.6 is 0 Å². The number of carbonyl (C=O) groups excluding carboxylic acids is 1. The van der Waals surface area contributed by atoms with Gasteiger partial charge >= 0.3 is 0 Å². The molecule has 98 valence electrons. The van der Waals surface area contributed by atoms with Crippen LogP contribution in [0.5, 0.6) is 0 Å². The van der Waals surface area contributed by atoms with Gasteiger partial charge in [0.05, 0.1) is 5.69 Å². The van der Waals surface area contributed by atoms with Gasteiger partial charge in [0.15, 0.2) is 0 Å². The van der Waals surface area contributed by atoms with E-state index < -0.39 is 0 Å². The minimum atomic E-state index is 0.176. The van der Waals surface area contributed by atoms with Gasteiger partial charge in [0, 0.05) is 31.1 Å². The molecule has 1 N–H and O–H groups in total. The van der Waals surface area contributed by atoms with Crippen LogP contribution in [-0.4, -0.2) is 33.9 Å². The van der Waals surface area contributed by atoms with E-state index in [4.69, 9.17) is 0 Å². The van der Waals surface area contributed by atoms with Crippen molar-refractivity contribution in [1.29, 1.82) is 0 Å². The second-order valence-corrected chi connectivity index (χ2v) is 5.57. The number of aromatic amines is 1. The van der Waals surface area contributed by atoms with E-state index >= 15 is 0 Å². The predicted octanol–water partition coefficient (Wildman–Crippen LogP) is 1.84. The fraction of sp³-hybridized carbons (Fsp3) is 0.714. The molecule has 0 aromatic carbocycles. The number of hydrogen-bond donors (Lipinski definition) is 1. The average molecular weight is 247 g/mol. The Labute approximate surface area is 108 Å². The molecule has 4 heteroatoms. The number of fused-ring (bicyclic) bond motifs is 1. The van der Waals surface area contributed by atoms with Crippen molar-refractivity contribution < 1.29 is 4.79 Å². The van der Waals surface area contributed by atoms with Crippen molar-refractivity contribution in [2.45, 2.75) is 45.4 Å². The summed E-state index contributed by atoms with van der Waals surface area (Å²) in [6, 6.07) is 0. The van der Waals surface area contributed by atoms with Crippen molar-refractivity contribution in [2.24, 2.45) is 5.92 Å². The van der Waals surface area contributed by atoms with Gasteiger partial charge in [-0.3, -0.25) is 4.79 Å². The van der Waals surface area contributed by atoms with Gasteiger partial charge in [-0.25, -0.2) is 4.98 Å². The highest BCUT2D eigenvalue weighted by atomic mass is 16.2. The molecule has 0 spiro atoms. The number of piperidine rings is 1. The van der Waals surface area contributed by atoms with Gasteiger partial charge in [0.1, 0.15) is 5.82 Å². The van der Waals surface area contributed by atoms with Crippen LogP contribution in [-0.2, 0) is 17.6 Å². The van der Waals surface area contributed by atoms with Crippen molar-refractivity contribution >= 4 is 5.91 Å². The van der Waals surface area contributed by atoms with Gasteiger partial charge in [-0.05, 0) is 39.0 Å². The Morgan fingerprint density at radius 3 is 2.89 bits per heavy atom.